The molecule has 21 heavy (non-hydrogen) atoms. The number of carboxylic acid groups (broad SMARTS) is 1. The zero-order chi connectivity index (χ0) is 16.4. The lowest BCUT2D eigenvalue weighted by molar-refractivity contribution is -0.146. The van der Waals surface area contributed by atoms with E-state index in [2.05, 4.69) is 4.72 Å². The van der Waals surface area contributed by atoms with Crippen molar-refractivity contribution in [2.45, 2.75) is 45.1 Å². The van der Waals surface area contributed by atoms with E-state index in [0.29, 0.717) is 11.1 Å². The summed E-state index contributed by atoms with van der Waals surface area (Å²) in [5.41, 5.74) is 3.10. The summed E-state index contributed by atoms with van der Waals surface area (Å²) in [7, 11) is -3.74. The van der Waals surface area contributed by atoms with Crippen LogP contribution in [0.15, 0.2) is 11.0 Å². The number of carboxylic acids is 1. The average molecular weight is 315 g/mol. The second-order valence-electron chi connectivity index (χ2n) is 5.13. The van der Waals surface area contributed by atoms with Gasteiger partial charge in [0, 0.05) is 6.54 Å². The summed E-state index contributed by atoms with van der Waals surface area (Å²) < 4.78 is 27.1. The van der Waals surface area contributed by atoms with Gasteiger partial charge in [-0.2, -0.15) is 0 Å². The van der Waals surface area contributed by atoms with E-state index in [0.717, 1.165) is 11.1 Å². The van der Waals surface area contributed by atoms with Crippen LogP contribution in [0.3, 0.4) is 0 Å². The molecule has 0 aliphatic heterocycles. The molecule has 0 aliphatic rings. The van der Waals surface area contributed by atoms with Gasteiger partial charge in [0.1, 0.15) is 0 Å². The molecule has 3 N–H and O–H groups in total. The molecule has 0 radical (unpaired) electrons. The highest BCUT2D eigenvalue weighted by atomic mass is 32.2. The monoisotopic (exact) mass is 315 g/mol. The van der Waals surface area contributed by atoms with Crippen LogP contribution in [0.2, 0.25) is 0 Å². The third-order valence-electron chi connectivity index (χ3n) is 3.56. The molecule has 1 aromatic rings. The smallest absolute Gasteiger partial charge is 0.332 e. The Kier molecular flexibility index (Phi) is 5.49. The van der Waals surface area contributed by atoms with Crippen molar-refractivity contribution < 1.29 is 23.4 Å². The van der Waals surface area contributed by atoms with Crippen molar-refractivity contribution >= 4 is 16.0 Å². The number of aryl methyl sites for hydroxylation is 2. The zero-order valence-electron chi connectivity index (χ0n) is 12.6. The van der Waals surface area contributed by atoms with Gasteiger partial charge in [0.05, 0.1) is 4.90 Å². The summed E-state index contributed by atoms with van der Waals surface area (Å²) in [6.07, 6.45) is -1.76. The van der Waals surface area contributed by atoms with Crippen molar-refractivity contribution in [3.05, 3.63) is 28.3 Å². The van der Waals surface area contributed by atoms with Crippen LogP contribution in [0, 0.1) is 27.7 Å². The molecule has 0 saturated heterocycles. The molecule has 0 amide bonds. The summed E-state index contributed by atoms with van der Waals surface area (Å²) in [6, 6.07) is 1.93. The number of carbonyl (C=O) groups is 1. The lowest BCUT2D eigenvalue weighted by Crippen LogP contribution is -2.31. The van der Waals surface area contributed by atoms with Crippen molar-refractivity contribution in [1.29, 1.82) is 0 Å². The first-order valence-corrected chi connectivity index (χ1v) is 8.04. The number of nitrogens with one attached hydrogen (secondary N) is 1. The van der Waals surface area contributed by atoms with Gasteiger partial charge in [-0.05, 0) is 56.4 Å². The molecular formula is C14H21NO5S. The number of rotatable bonds is 6. The lowest BCUT2D eigenvalue weighted by Gasteiger charge is -2.16. The Morgan fingerprint density at radius 1 is 1.19 bits per heavy atom. The largest absolute Gasteiger partial charge is 0.479 e. The van der Waals surface area contributed by atoms with E-state index in [1.54, 1.807) is 13.8 Å². The molecule has 0 heterocycles. The Labute approximate surface area is 124 Å². The van der Waals surface area contributed by atoms with Gasteiger partial charge in [-0.1, -0.05) is 6.07 Å². The van der Waals surface area contributed by atoms with E-state index in [9.17, 15) is 13.2 Å². The van der Waals surface area contributed by atoms with E-state index in [1.165, 1.54) is 0 Å². The minimum Gasteiger partial charge on any atom is -0.479 e. The fraction of sp³-hybridized carbons (Fsp3) is 0.500. The predicted octanol–water partition coefficient (Wildman–Crippen LogP) is 1.03. The van der Waals surface area contributed by atoms with Gasteiger partial charge in [0.2, 0.25) is 10.0 Å². The molecule has 1 rings (SSSR count). The van der Waals surface area contributed by atoms with Crippen molar-refractivity contribution in [3.63, 3.8) is 0 Å². The number of sulfonamides is 1. The molecule has 0 bridgehead atoms. The summed E-state index contributed by atoms with van der Waals surface area (Å²) in [5, 5.41) is 17.7. The number of hydrogen-bond acceptors (Lipinski definition) is 4. The predicted molar refractivity (Wildman–Crippen MR) is 78.8 cm³/mol. The first-order valence-electron chi connectivity index (χ1n) is 6.56. The van der Waals surface area contributed by atoms with Gasteiger partial charge >= 0.3 is 5.97 Å². The Hall–Kier alpha value is -1.44. The third-order valence-corrected chi connectivity index (χ3v) is 5.29. The molecule has 7 heteroatoms. The Balaban J connectivity index is 3.02. The van der Waals surface area contributed by atoms with Crippen molar-refractivity contribution in [3.8, 4) is 0 Å². The summed E-state index contributed by atoms with van der Waals surface area (Å²) >= 11 is 0. The molecule has 6 nitrogen and oxygen atoms in total. The SMILES string of the molecule is Cc1cc(C)c(C)c(S(=O)(=O)NCCC(O)C(=O)O)c1C. The van der Waals surface area contributed by atoms with Crippen LogP contribution in [-0.2, 0) is 14.8 Å². The molecule has 118 valence electrons. The molecule has 1 atom stereocenters. The maximum atomic E-state index is 12.4. The van der Waals surface area contributed by atoms with Gasteiger partial charge in [-0.15, -0.1) is 0 Å². The third kappa shape index (κ3) is 4.03. The topological polar surface area (TPSA) is 104 Å². The van der Waals surface area contributed by atoms with Gasteiger partial charge in [-0.3, -0.25) is 0 Å². The highest BCUT2D eigenvalue weighted by molar-refractivity contribution is 7.89. The van der Waals surface area contributed by atoms with Crippen LogP contribution in [-0.4, -0.2) is 37.2 Å². The van der Waals surface area contributed by atoms with Crippen LogP contribution in [0.25, 0.3) is 0 Å². The molecule has 0 fully saturated rings. The van der Waals surface area contributed by atoms with E-state index in [-0.39, 0.29) is 17.9 Å². The van der Waals surface area contributed by atoms with Gasteiger partial charge in [-0.25, -0.2) is 17.9 Å². The van der Waals surface area contributed by atoms with Gasteiger partial charge in [0.15, 0.2) is 6.10 Å². The van der Waals surface area contributed by atoms with E-state index in [4.69, 9.17) is 10.2 Å². The van der Waals surface area contributed by atoms with E-state index >= 15 is 0 Å². The Morgan fingerprint density at radius 3 is 2.10 bits per heavy atom. The van der Waals surface area contributed by atoms with Crippen LogP contribution in [0.1, 0.15) is 28.7 Å². The highest BCUT2D eigenvalue weighted by Gasteiger charge is 2.22. The first-order chi connectivity index (χ1) is 9.58. The molecule has 1 unspecified atom stereocenters. The van der Waals surface area contributed by atoms with Crippen LogP contribution < -0.4 is 4.72 Å². The quantitative estimate of drug-likeness (QED) is 0.727. The maximum absolute atomic E-state index is 12.4. The number of aliphatic hydroxyl groups is 1. The van der Waals surface area contributed by atoms with Gasteiger partial charge < -0.3 is 10.2 Å². The maximum Gasteiger partial charge on any atom is 0.332 e. The number of hydrogen-bond donors (Lipinski definition) is 3. The van der Waals surface area contributed by atoms with Crippen molar-refractivity contribution in [2.24, 2.45) is 0 Å². The number of benzene rings is 1. The van der Waals surface area contributed by atoms with E-state index in [1.807, 2.05) is 19.9 Å². The molecule has 0 spiro atoms. The summed E-state index contributed by atoms with van der Waals surface area (Å²) in [6.45, 7) is 7.02. The minimum atomic E-state index is -3.74. The highest BCUT2D eigenvalue weighted by Crippen LogP contribution is 2.25. The van der Waals surface area contributed by atoms with E-state index < -0.39 is 22.1 Å². The normalized spacial score (nSPS) is 13.2. The van der Waals surface area contributed by atoms with Crippen molar-refractivity contribution in [1.82, 2.24) is 4.72 Å². The van der Waals surface area contributed by atoms with Crippen LogP contribution in [0.4, 0.5) is 0 Å². The average Bonchev–Trinajstić information content (AvgIpc) is 2.35. The molecule has 0 aliphatic carbocycles. The zero-order valence-corrected chi connectivity index (χ0v) is 13.4. The lowest BCUT2D eigenvalue weighted by atomic mass is 10.0. The molecule has 0 saturated carbocycles. The van der Waals surface area contributed by atoms with Gasteiger partial charge in [0.25, 0.3) is 0 Å². The second-order valence-corrected chi connectivity index (χ2v) is 6.83. The number of aliphatic hydroxyl groups excluding tert-OH is 1. The second kappa shape index (κ2) is 6.55. The molecule has 1 aromatic carbocycles. The fourth-order valence-electron chi connectivity index (χ4n) is 2.11. The van der Waals surface area contributed by atoms with Crippen molar-refractivity contribution in [2.75, 3.05) is 6.54 Å². The standard InChI is InChI=1S/C14H21NO5S/c1-8-7-9(2)11(4)13(10(8)3)21(19,20)15-6-5-12(16)14(17)18/h7,12,15-16H,5-6H2,1-4H3,(H,17,18). The summed E-state index contributed by atoms with van der Waals surface area (Å²) in [4.78, 5) is 10.7. The molecule has 0 aromatic heterocycles. The Morgan fingerprint density at radius 2 is 1.67 bits per heavy atom. The molecular weight excluding hydrogens is 294 g/mol. The Bertz CT molecular complexity index is 626. The van der Waals surface area contributed by atoms with Crippen LogP contribution in [0.5, 0.6) is 0 Å². The summed E-state index contributed by atoms with van der Waals surface area (Å²) in [5.74, 6) is -1.37. The first kappa shape index (κ1) is 17.6. The fourth-order valence-corrected chi connectivity index (χ4v) is 3.77. The minimum absolute atomic E-state index is 0.137. The van der Waals surface area contributed by atoms with Crippen LogP contribution >= 0.6 is 0 Å². The number of aliphatic carboxylic acids is 1.